The molecular weight excluding hydrogens is 374 g/mol. The summed E-state index contributed by atoms with van der Waals surface area (Å²) < 4.78 is 0. The lowest BCUT2D eigenvalue weighted by molar-refractivity contribution is -0.137. The Balaban J connectivity index is 2.64. The van der Waals surface area contributed by atoms with Gasteiger partial charge in [0.15, 0.2) is 11.5 Å². The van der Waals surface area contributed by atoms with Crippen LogP contribution in [0.1, 0.15) is 17.0 Å². The van der Waals surface area contributed by atoms with Crippen LogP contribution in [0.15, 0.2) is 24.3 Å². The van der Waals surface area contributed by atoms with Gasteiger partial charge < -0.3 is 15.3 Å². The van der Waals surface area contributed by atoms with Crippen LogP contribution in [-0.4, -0.2) is 21.3 Å². The molecule has 0 fully saturated rings. The van der Waals surface area contributed by atoms with Crippen LogP contribution < -0.4 is 0 Å². The quantitative estimate of drug-likeness (QED) is 0.704. The topological polar surface area (TPSA) is 77.8 Å². The number of carbonyl (C=O) groups is 1. The van der Waals surface area contributed by atoms with Crippen LogP contribution in [0.4, 0.5) is 0 Å². The molecule has 0 aliphatic heterocycles. The predicted octanol–water partition coefficient (Wildman–Crippen LogP) is 4.93. The average molecular weight is 382 g/mol. The van der Waals surface area contributed by atoms with Gasteiger partial charge in [0.1, 0.15) is 5.92 Å². The van der Waals surface area contributed by atoms with Crippen molar-refractivity contribution < 1.29 is 20.1 Å². The van der Waals surface area contributed by atoms with Crippen molar-refractivity contribution in [3.8, 4) is 11.5 Å². The van der Waals surface area contributed by atoms with Gasteiger partial charge in [-0.2, -0.15) is 0 Å². The SMILES string of the molecule is O=C(O)C(c1cc(Cl)c(O)c(Cl)c1)c1cc(Cl)c(O)c(Cl)c1. The summed E-state index contributed by atoms with van der Waals surface area (Å²) in [7, 11) is 0. The lowest BCUT2D eigenvalue weighted by atomic mass is 9.91. The lowest BCUT2D eigenvalue weighted by Crippen LogP contribution is -2.13. The van der Waals surface area contributed by atoms with Crippen molar-refractivity contribution >= 4 is 52.4 Å². The number of benzene rings is 2. The standard InChI is InChI=1S/C14H8Cl4O4/c15-7-1-5(2-8(16)12(7)19)11(14(21)22)6-3-9(17)13(20)10(18)4-6/h1-4,11,19-20H,(H,21,22). The van der Waals surface area contributed by atoms with Gasteiger partial charge in [-0.05, 0) is 35.4 Å². The van der Waals surface area contributed by atoms with Crippen molar-refractivity contribution in [3.63, 3.8) is 0 Å². The molecule has 2 rings (SSSR count). The van der Waals surface area contributed by atoms with E-state index in [2.05, 4.69) is 0 Å². The summed E-state index contributed by atoms with van der Waals surface area (Å²) in [5, 5.41) is 28.3. The monoisotopic (exact) mass is 380 g/mol. The summed E-state index contributed by atoms with van der Waals surface area (Å²) in [4.78, 5) is 11.6. The molecule has 0 aliphatic rings. The van der Waals surface area contributed by atoms with Crippen molar-refractivity contribution in [2.24, 2.45) is 0 Å². The Morgan fingerprint density at radius 3 is 1.27 bits per heavy atom. The molecule has 3 N–H and O–H groups in total. The van der Waals surface area contributed by atoms with E-state index in [1.807, 2.05) is 0 Å². The number of halogens is 4. The first-order valence-electron chi connectivity index (χ1n) is 5.81. The van der Waals surface area contributed by atoms with Crippen molar-refractivity contribution in [1.29, 1.82) is 0 Å². The molecule has 0 saturated heterocycles. The van der Waals surface area contributed by atoms with E-state index in [0.29, 0.717) is 0 Å². The number of carboxylic acid groups (broad SMARTS) is 1. The maximum Gasteiger partial charge on any atom is 0.315 e. The Morgan fingerprint density at radius 2 is 1.05 bits per heavy atom. The molecule has 0 bridgehead atoms. The van der Waals surface area contributed by atoms with Crippen LogP contribution in [0.5, 0.6) is 11.5 Å². The molecular formula is C14H8Cl4O4. The van der Waals surface area contributed by atoms with E-state index >= 15 is 0 Å². The zero-order valence-electron chi connectivity index (χ0n) is 10.6. The Morgan fingerprint density at radius 1 is 0.773 bits per heavy atom. The summed E-state index contributed by atoms with van der Waals surface area (Å²) in [6.07, 6.45) is 0. The minimum Gasteiger partial charge on any atom is -0.505 e. The fourth-order valence-electron chi connectivity index (χ4n) is 1.98. The Hall–Kier alpha value is -1.33. The van der Waals surface area contributed by atoms with Crippen molar-refractivity contribution in [3.05, 3.63) is 55.5 Å². The fraction of sp³-hybridized carbons (Fsp3) is 0.0714. The average Bonchev–Trinajstić information content (AvgIpc) is 2.41. The second-order valence-electron chi connectivity index (χ2n) is 4.44. The maximum absolute atomic E-state index is 11.6. The van der Waals surface area contributed by atoms with Crippen molar-refractivity contribution in [1.82, 2.24) is 0 Å². The molecule has 2 aromatic rings. The van der Waals surface area contributed by atoms with Gasteiger partial charge in [0.05, 0.1) is 20.1 Å². The molecule has 22 heavy (non-hydrogen) atoms. The lowest BCUT2D eigenvalue weighted by Gasteiger charge is -2.16. The smallest absolute Gasteiger partial charge is 0.315 e. The number of aliphatic carboxylic acids is 1. The third kappa shape index (κ3) is 3.20. The third-order valence-corrected chi connectivity index (χ3v) is 4.14. The molecule has 0 atom stereocenters. The van der Waals surface area contributed by atoms with Crippen LogP contribution in [-0.2, 0) is 4.79 Å². The minimum atomic E-state index is -1.20. The number of aromatic hydroxyl groups is 2. The van der Waals surface area contributed by atoms with E-state index in [-0.39, 0.29) is 42.7 Å². The largest absolute Gasteiger partial charge is 0.505 e. The maximum atomic E-state index is 11.6. The van der Waals surface area contributed by atoms with Gasteiger partial charge in [0.2, 0.25) is 0 Å². The predicted molar refractivity (Wildman–Crippen MR) is 85.7 cm³/mol. The number of hydrogen-bond acceptors (Lipinski definition) is 3. The number of hydrogen-bond donors (Lipinski definition) is 3. The van der Waals surface area contributed by atoms with Crippen molar-refractivity contribution in [2.45, 2.75) is 5.92 Å². The van der Waals surface area contributed by atoms with Crippen LogP contribution in [0, 0.1) is 0 Å². The molecule has 0 unspecified atom stereocenters. The second-order valence-corrected chi connectivity index (χ2v) is 6.07. The molecule has 0 heterocycles. The van der Waals surface area contributed by atoms with Crippen LogP contribution >= 0.6 is 46.4 Å². The van der Waals surface area contributed by atoms with Gasteiger partial charge in [-0.3, -0.25) is 4.79 Å². The van der Waals surface area contributed by atoms with Gasteiger partial charge in [-0.25, -0.2) is 0 Å². The zero-order chi connectivity index (χ0) is 16.6. The van der Waals surface area contributed by atoms with Gasteiger partial charge in [0, 0.05) is 0 Å². The first-order valence-corrected chi connectivity index (χ1v) is 7.32. The zero-order valence-corrected chi connectivity index (χ0v) is 13.7. The Bertz CT molecular complexity index is 657. The fourth-order valence-corrected chi connectivity index (χ4v) is 2.99. The van der Waals surface area contributed by atoms with E-state index in [1.54, 1.807) is 0 Å². The number of phenols is 2. The Labute approximate surface area is 145 Å². The Kier molecular flexibility index (Phi) is 4.97. The number of carboxylic acids is 1. The summed E-state index contributed by atoms with van der Waals surface area (Å²) in [5.41, 5.74) is 0.469. The molecule has 0 amide bonds. The molecule has 0 spiro atoms. The first-order chi connectivity index (χ1) is 10.2. The normalized spacial score (nSPS) is 11.0. The molecule has 0 saturated carbocycles. The summed E-state index contributed by atoms with van der Waals surface area (Å²) in [6.45, 7) is 0. The van der Waals surface area contributed by atoms with Gasteiger partial charge in [0.25, 0.3) is 0 Å². The molecule has 0 aliphatic carbocycles. The third-order valence-electron chi connectivity index (χ3n) is 2.99. The first kappa shape index (κ1) is 17.0. The van der Waals surface area contributed by atoms with Gasteiger partial charge in [-0.15, -0.1) is 0 Å². The van der Waals surface area contributed by atoms with E-state index in [1.165, 1.54) is 24.3 Å². The van der Waals surface area contributed by atoms with E-state index < -0.39 is 11.9 Å². The molecule has 0 radical (unpaired) electrons. The number of phenolic OH excluding ortho intramolecular Hbond substituents is 2. The summed E-state index contributed by atoms with van der Waals surface area (Å²) in [5.74, 6) is -3.04. The van der Waals surface area contributed by atoms with E-state index in [4.69, 9.17) is 46.4 Å². The summed E-state index contributed by atoms with van der Waals surface area (Å²) in [6, 6.07) is 5.15. The van der Waals surface area contributed by atoms with Crippen LogP contribution in [0.25, 0.3) is 0 Å². The van der Waals surface area contributed by atoms with E-state index in [0.717, 1.165) is 0 Å². The highest BCUT2D eigenvalue weighted by Crippen LogP contribution is 2.40. The van der Waals surface area contributed by atoms with Crippen molar-refractivity contribution in [2.75, 3.05) is 0 Å². The van der Waals surface area contributed by atoms with Crippen LogP contribution in [0.2, 0.25) is 20.1 Å². The van der Waals surface area contributed by atoms with E-state index in [9.17, 15) is 20.1 Å². The molecule has 8 heteroatoms. The molecule has 116 valence electrons. The second kappa shape index (κ2) is 6.42. The van der Waals surface area contributed by atoms with Gasteiger partial charge in [-0.1, -0.05) is 46.4 Å². The molecule has 2 aromatic carbocycles. The summed E-state index contributed by atoms with van der Waals surface area (Å²) >= 11 is 23.3. The highest BCUT2D eigenvalue weighted by molar-refractivity contribution is 6.38. The molecule has 0 aromatic heterocycles. The molecule has 4 nitrogen and oxygen atoms in total. The minimum absolute atomic E-state index is 0.0790. The number of rotatable bonds is 3. The van der Waals surface area contributed by atoms with Crippen LogP contribution in [0.3, 0.4) is 0 Å². The van der Waals surface area contributed by atoms with Gasteiger partial charge >= 0.3 is 5.97 Å². The highest BCUT2D eigenvalue weighted by atomic mass is 35.5. The highest BCUT2D eigenvalue weighted by Gasteiger charge is 2.26.